The maximum absolute atomic E-state index is 13.5. The van der Waals surface area contributed by atoms with Crippen molar-refractivity contribution in [3.63, 3.8) is 0 Å². The number of aromatic amines is 1. The zero-order valence-electron chi connectivity index (χ0n) is 35.2. The summed E-state index contributed by atoms with van der Waals surface area (Å²) < 4.78 is 11.8. The maximum Gasteiger partial charge on any atom is 0.409 e. The fraction of sp³-hybridized carbons (Fsp3) is 0.370. The number of piperidine rings is 2. The average molecular weight is 921 g/mol. The summed E-state index contributed by atoms with van der Waals surface area (Å²) in [5, 5.41) is 11.6. The molecule has 2 aromatic carbocycles. The van der Waals surface area contributed by atoms with E-state index >= 15 is 0 Å². The number of fused-ring (bicyclic) bond motifs is 2. The Morgan fingerprint density at radius 3 is 2.40 bits per heavy atom. The van der Waals surface area contributed by atoms with E-state index in [0.29, 0.717) is 65.9 Å². The van der Waals surface area contributed by atoms with Crippen molar-refractivity contribution < 1.29 is 38.2 Å². The molecule has 1 spiro atoms. The number of ether oxygens (including phenoxy) is 2. The minimum Gasteiger partial charge on any atom is -0.486 e. The molecule has 0 radical (unpaired) electrons. The van der Waals surface area contributed by atoms with Crippen molar-refractivity contribution >= 4 is 75.6 Å². The van der Waals surface area contributed by atoms with Crippen molar-refractivity contribution in [3.8, 4) is 17.0 Å². The molecule has 4 saturated heterocycles. The standard InChI is InChI=1S/C46H43Cl2N9O8/c1-25(38-32(47)19-49-20-33(38)48)65-29-6-7-34-31(17-29)40(53-52-34)28-5-9-36(50-18-28)55-21-46(22-55)23-56(24-46)42(60)27-11-14-54(15-12-27)45(63)64-16-13-26-3-2-4-30-39(26)44(62)57(43(30)61)35-8-10-37(58)51-41(35)59/h2-7,9,17-20,25,27,35H,8,10-16,21-24H2,1H3,(H,52,53)(H,51,58,59)/t25-,35?/m1/s1. The van der Waals surface area contributed by atoms with Gasteiger partial charge in [-0.1, -0.05) is 35.3 Å². The van der Waals surface area contributed by atoms with E-state index in [1.807, 2.05) is 48.4 Å². The highest BCUT2D eigenvalue weighted by molar-refractivity contribution is 6.35. The molecule has 5 aliphatic rings. The van der Waals surface area contributed by atoms with Gasteiger partial charge >= 0.3 is 6.09 Å². The molecule has 3 aromatic heterocycles. The van der Waals surface area contributed by atoms with Gasteiger partial charge in [-0.3, -0.25) is 44.3 Å². The summed E-state index contributed by atoms with van der Waals surface area (Å²) in [5.41, 5.74) is 4.04. The molecule has 2 atom stereocenters. The van der Waals surface area contributed by atoms with Gasteiger partial charge in [0.25, 0.3) is 11.8 Å². The first-order chi connectivity index (χ1) is 31.4. The van der Waals surface area contributed by atoms with Crippen LogP contribution in [0.5, 0.6) is 5.75 Å². The zero-order valence-corrected chi connectivity index (χ0v) is 36.7. The molecule has 2 N–H and O–H groups in total. The van der Waals surface area contributed by atoms with Crippen LogP contribution in [0.3, 0.4) is 0 Å². The molecule has 4 fully saturated rings. The van der Waals surface area contributed by atoms with Crippen LogP contribution in [0.2, 0.25) is 10.0 Å². The quantitative estimate of drug-likeness (QED) is 0.165. The molecule has 5 aliphatic heterocycles. The van der Waals surface area contributed by atoms with Crippen LogP contribution in [0.4, 0.5) is 10.6 Å². The largest absolute Gasteiger partial charge is 0.486 e. The summed E-state index contributed by atoms with van der Waals surface area (Å²) in [6.45, 7) is 5.61. The SMILES string of the molecule is C[C@@H](Oc1ccc2[nH]nc(-c3ccc(N4CC5(CN(C(=O)C6CCN(C(=O)OCCc7cccc8c7C(=O)N(C7CCC(=O)NC7=O)C8=O)CC6)C5)C4)nc3)c2c1)c1c(Cl)cncc1Cl. The molecule has 0 aliphatic carbocycles. The number of nitrogens with one attached hydrogen (secondary N) is 2. The van der Waals surface area contributed by atoms with Crippen LogP contribution in [0.15, 0.2) is 67.1 Å². The molecule has 0 bridgehead atoms. The van der Waals surface area contributed by atoms with Crippen LogP contribution in [-0.2, 0) is 25.5 Å². The summed E-state index contributed by atoms with van der Waals surface area (Å²) in [6, 6.07) is 13.5. The first-order valence-corrected chi connectivity index (χ1v) is 22.3. The average Bonchev–Trinajstić information content (AvgIpc) is 3.80. The summed E-state index contributed by atoms with van der Waals surface area (Å²) in [7, 11) is 0. The van der Waals surface area contributed by atoms with Crippen molar-refractivity contribution in [1.82, 2.24) is 40.2 Å². The number of nitrogens with zero attached hydrogens (tertiary/aromatic N) is 7. The number of aromatic nitrogens is 4. The predicted octanol–water partition coefficient (Wildman–Crippen LogP) is 5.61. The highest BCUT2D eigenvalue weighted by Gasteiger charge is 2.54. The van der Waals surface area contributed by atoms with E-state index in [9.17, 15) is 28.8 Å². The predicted molar refractivity (Wildman–Crippen MR) is 236 cm³/mol. The third-order valence-corrected chi connectivity index (χ3v) is 13.8. The van der Waals surface area contributed by atoms with Crippen LogP contribution >= 0.6 is 23.2 Å². The summed E-state index contributed by atoms with van der Waals surface area (Å²) in [4.78, 5) is 92.7. The summed E-state index contributed by atoms with van der Waals surface area (Å²) in [6.07, 6.45) is 5.33. The molecule has 17 nitrogen and oxygen atoms in total. The summed E-state index contributed by atoms with van der Waals surface area (Å²) >= 11 is 12.7. The van der Waals surface area contributed by atoms with Gasteiger partial charge in [0.2, 0.25) is 17.7 Å². The molecule has 19 heteroatoms. The second-order valence-electron chi connectivity index (χ2n) is 17.4. The Balaban J connectivity index is 0.670. The minimum atomic E-state index is -1.06. The molecule has 65 heavy (non-hydrogen) atoms. The molecule has 6 amide bonds. The van der Waals surface area contributed by atoms with E-state index in [2.05, 4.69) is 25.4 Å². The Morgan fingerprint density at radius 2 is 1.68 bits per heavy atom. The second-order valence-corrected chi connectivity index (χ2v) is 18.2. The van der Waals surface area contributed by atoms with Gasteiger partial charge in [0.1, 0.15) is 29.4 Å². The normalized spacial score (nSPS) is 19.8. The van der Waals surface area contributed by atoms with Gasteiger partial charge in [0.15, 0.2) is 0 Å². The monoisotopic (exact) mass is 919 g/mol. The third kappa shape index (κ3) is 7.79. The molecule has 8 heterocycles. The number of benzene rings is 2. The molecule has 10 rings (SSSR count). The van der Waals surface area contributed by atoms with Gasteiger partial charge in [-0.15, -0.1) is 0 Å². The highest BCUT2D eigenvalue weighted by Crippen LogP contribution is 2.43. The number of rotatable bonds is 10. The Labute approximate surface area is 382 Å². The number of pyridine rings is 2. The smallest absolute Gasteiger partial charge is 0.409 e. The van der Waals surface area contributed by atoms with Gasteiger partial charge in [0, 0.05) is 98.5 Å². The fourth-order valence-electron chi connectivity index (χ4n) is 9.82. The zero-order chi connectivity index (χ0) is 45.1. The Bertz CT molecular complexity index is 2760. The van der Waals surface area contributed by atoms with Crippen molar-refractivity contribution in [2.45, 2.75) is 51.2 Å². The van der Waals surface area contributed by atoms with Gasteiger partial charge in [-0.05, 0) is 68.1 Å². The Morgan fingerprint density at radius 1 is 0.908 bits per heavy atom. The second kappa shape index (κ2) is 16.8. The van der Waals surface area contributed by atoms with Crippen LogP contribution < -0.4 is 15.0 Å². The third-order valence-electron chi connectivity index (χ3n) is 13.2. The number of imide groups is 2. The molecule has 334 valence electrons. The minimum absolute atomic E-state index is 0.0280. The number of halogens is 2. The van der Waals surface area contributed by atoms with E-state index in [-0.39, 0.29) is 54.2 Å². The first-order valence-electron chi connectivity index (χ1n) is 21.6. The van der Waals surface area contributed by atoms with Crippen molar-refractivity contribution in [2.75, 3.05) is 50.8 Å². The van der Waals surface area contributed by atoms with Crippen molar-refractivity contribution in [1.29, 1.82) is 0 Å². The molecular weight excluding hydrogens is 877 g/mol. The molecular formula is C46H43Cl2N9O8. The number of carbonyl (C=O) groups is 6. The van der Waals surface area contributed by atoms with Gasteiger partial charge in [-0.25, -0.2) is 9.78 Å². The van der Waals surface area contributed by atoms with Crippen LogP contribution in [0.25, 0.3) is 22.2 Å². The number of carbonyl (C=O) groups excluding carboxylic acids is 6. The topological polar surface area (TPSA) is 200 Å². The van der Waals surface area contributed by atoms with Crippen LogP contribution in [0, 0.1) is 11.3 Å². The van der Waals surface area contributed by atoms with E-state index < -0.39 is 41.9 Å². The first kappa shape index (κ1) is 42.4. The molecule has 5 aromatic rings. The van der Waals surface area contributed by atoms with Crippen molar-refractivity contribution in [2.24, 2.45) is 11.3 Å². The number of anilines is 1. The van der Waals surface area contributed by atoms with Crippen LogP contribution in [0.1, 0.15) is 70.6 Å². The number of H-pyrrole nitrogens is 1. The Kier molecular flexibility index (Phi) is 10.9. The number of likely N-dealkylation sites (tertiary alicyclic amines) is 2. The number of hydrogen-bond donors (Lipinski definition) is 2. The van der Waals surface area contributed by atoms with Gasteiger partial charge < -0.3 is 24.2 Å². The van der Waals surface area contributed by atoms with Crippen LogP contribution in [-0.4, -0.2) is 122 Å². The Hall–Kier alpha value is -6.59. The van der Waals surface area contributed by atoms with E-state index in [0.717, 1.165) is 46.0 Å². The fourth-order valence-corrected chi connectivity index (χ4v) is 10.5. The lowest BCUT2D eigenvalue weighted by molar-refractivity contribution is -0.151. The molecule has 1 unspecified atom stereocenters. The highest BCUT2D eigenvalue weighted by atomic mass is 35.5. The molecule has 0 saturated carbocycles. The lowest BCUT2D eigenvalue weighted by Gasteiger charge is -2.61. The lowest BCUT2D eigenvalue weighted by Crippen LogP contribution is -2.73. The van der Waals surface area contributed by atoms with Crippen molar-refractivity contribution in [3.05, 3.63) is 99.4 Å². The van der Waals surface area contributed by atoms with Gasteiger partial charge in [0.05, 0.1) is 33.3 Å². The van der Waals surface area contributed by atoms with E-state index in [1.54, 1.807) is 29.4 Å². The van der Waals surface area contributed by atoms with E-state index in [1.165, 1.54) is 6.07 Å². The number of hydrogen-bond acceptors (Lipinski definition) is 12. The number of amides is 6. The summed E-state index contributed by atoms with van der Waals surface area (Å²) in [5.74, 6) is -0.873. The lowest BCUT2D eigenvalue weighted by atomic mass is 9.72. The maximum atomic E-state index is 13.5. The van der Waals surface area contributed by atoms with E-state index in [4.69, 9.17) is 37.7 Å². The van der Waals surface area contributed by atoms with Gasteiger partial charge in [-0.2, -0.15) is 5.10 Å².